The monoisotopic (exact) mass is 251 g/mol. The molecule has 2 fully saturated rings. The molecule has 2 aliphatic rings. The highest BCUT2D eigenvalue weighted by Crippen LogP contribution is 2.48. The second-order valence-electron chi connectivity index (χ2n) is 6.34. The van der Waals surface area contributed by atoms with Crippen LogP contribution >= 0.6 is 0 Å². The maximum absolute atomic E-state index is 12.1. The highest BCUT2D eigenvalue weighted by molar-refractivity contribution is 5.79. The van der Waals surface area contributed by atoms with Crippen molar-refractivity contribution in [3.63, 3.8) is 0 Å². The molecule has 2 nitrogen and oxygen atoms in total. The van der Waals surface area contributed by atoms with E-state index in [2.05, 4.69) is 12.2 Å². The summed E-state index contributed by atoms with van der Waals surface area (Å²) < 4.78 is 0. The molecule has 18 heavy (non-hydrogen) atoms. The second kappa shape index (κ2) is 7.16. The van der Waals surface area contributed by atoms with E-state index in [9.17, 15) is 4.79 Å². The van der Waals surface area contributed by atoms with Crippen LogP contribution in [0.25, 0.3) is 0 Å². The molecular formula is C16H29NO. The molecule has 0 heterocycles. The van der Waals surface area contributed by atoms with E-state index in [4.69, 9.17) is 0 Å². The minimum Gasteiger partial charge on any atom is -0.356 e. The first-order valence-electron chi connectivity index (χ1n) is 8.09. The van der Waals surface area contributed by atoms with Crippen molar-refractivity contribution >= 4 is 5.91 Å². The summed E-state index contributed by atoms with van der Waals surface area (Å²) in [6.45, 7) is 3.15. The topological polar surface area (TPSA) is 29.1 Å². The fourth-order valence-corrected chi connectivity index (χ4v) is 3.81. The van der Waals surface area contributed by atoms with E-state index in [0.717, 1.165) is 24.8 Å². The first-order valence-corrected chi connectivity index (χ1v) is 8.09. The SMILES string of the molecule is CCCCCCCCNC(=O)[C@H]1C[C@H]2CC[C@@H]1C2. The van der Waals surface area contributed by atoms with Crippen LogP contribution in [0.5, 0.6) is 0 Å². The predicted molar refractivity (Wildman–Crippen MR) is 75.3 cm³/mol. The molecule has 0 spiro atoms. The summed E-state index contributed by atoms with van der Waals surface area (Å²) in [5, 5.41) is 3.16. The third kappa shape index (κ3) is 3.73. The van der Waals surface area contributed by atoms with Gasteiger partial charge in [0.2, 0.25) is 5.91 Å². The van der Waals surface area contributed by atoms with E-state index in [1.165, 1.54) is 57.8 Å². The molecule has 0 aliphatic heterocycles. The zero-order chi connectivity index (χ0) is 12.8. The van der Waals surface area contributed by atoms with Crippen molar-refractivity contribution in [1.29, 1.82) is 0 Å². The van der Waals surface area contributed by atoms with E-state index >= 15 is 0 Å². The molecule has 2 aliphatic carbocycles. The number of unbranched alkanes of at least 4 members (excludes halogenated alkanes) is 5. The Hall–Kier alpha value is -0.530. The molecule has 2 heteroatoms. The molecule has 0 unspecified atom stereocenters. The predicted octanol–water partition coefficient (Wildman–Crippen LogP) is 3.90. The van der Waals surface area contributed by atoms with Gasteiger partial charge < -0.3 is 5.32 Å². The van der Waals surface area contributed by atoms with Crippen molar-refractivity contribution in [2.24, 2.45) is 17.8 Å². The Morgan fingerprint density at radius 3 is 2.50 bits per heavy atom. The Kier molecular flexibility index (Phi) is 5.52. The second-order valence-corrected chi connectivity index (χ2v) is 6.34. The van der Waals surface area contributed by atoms with Crippen LogP contribution in [0.3, 0.4) is 0 Å². The summed E-state index contributed by atoms with van der Waals surface area (Å²) in [4.78, 5) is 12.1. The maximum atomic E-state index is 12.1. The Bertz CT molecular complexity index is 264. The molecule has 0 aromatic rings. The van der Waals surface area contributed by atoms with E-state index in [1.807, 2.05) is 0 Å². The normalized spacial score (nSPS) is 29.7. The van der Waals surface area contributed by atoms with Crippen LogP contribution in [-0.4, -0.2) is 12.5 Å². The van der Waals surface area contributed by atoms with Gasteiger partial charge in [-0.25, -0.2) is 0 Å². The zero-order valence-electron chi connectivity index (χ0n) is 11.9. The Morgan fingerprint density at radius 1 is 1.06 bits per heavy atom. The third-order valence-corrected chi connectivity index (χ3v) is 4.90. The standard InChI is InChI=1S/C16H29NO/c1-2-3-4-5-6-7-10-17-16(18)15-12-13-8-9-14(15)11-13/h13-15H,2-12H2,1H3,(H,17,18)/t13-,14+,15-/m0/s1. The van der Waals surface area contributed by atoms with Gasteiger partial charge >= 0.3 is 0 Å². The summed E-state index contributed by atoms with van der Waals surface area (Å²) in [6.07, 6.45) is 13.0. The number of nitrogens with one attached hydrogen (secondary N) is 1. The van der Waals surface area contributed by atoms with Gasteiger partial charge in [-0.15, -0.1) is 0 Å². The lowest BCUT2D eigenvalue weighted by atomic mass is 9.88. The number of rotatable bonds is 8. The van der Waals surface area contributed by atoms with Gasteiger partial charge in [0.15, 0.2) is 0 Å². The van der Waals surface area contributed by atoms with Crippen molar-refractivity contribution in [2.45, 2.75) is 71.1 Å². The summed E-state index contributed by atoms with van der Waals surface area (Å²) in [5.74, 6) is 2.32. The average Bonchev–Trinajstić information content (AvgIpc) is 2.99. The van der Waals surface area contributed by atoms with Crippen molar-refractivity contribution in [2.75, 3.05) is 6.54 Å². The van der Waals surface area contributed by atoms with Crippen molar-refractivity contribution < 1.29 is 4.79 Å². The molecule has 0 aromatic carbocycles. The molecule has 104 valence electrons. The van der Waals surface area contributed by atoms with Gasteiger partial charge in [0, 0.05) is 12.5 Å². The van der Waals surface area contributed by atoms with Crippen LogP contribution in [0.4, 0.5) is 0 Å². The van der Waals surface area contributed by atoms with Crippen LogP contribution in [-0.2, 0) is 4.79 Å². The number of amides is 1. The zero-order valence-corrected chi connectivity index (χ0v) is 11.9. The van der Waals surface area contributed by atoms with E-state index < -0.39 is 0 Å². The van der Waals surface area contributed by atoms with Gasteiger partial charge in [-0.05, 0) is 37.5 Å². The lowest BCUT2D eigenvalue weighted by molar-refractivity contribution is -0.126. The minimum absolute atomic E-state index is 0.357. The highest BCUT2D eigenvalue weighted by atomic mass is 16.1. The number of hydrogen-bond donors (Lipinski definition) is 1. The number of hydrogen-bond acceptors (Lipinski definition) is 1. The van der Waals surface area contributed by atoms with E-state index in [1.54, 1.807) is 0 Å². The van der Waals surface area contributed by atoms with Crippen LogP contribution in [0.2, 0.25) is 0 Å². The Balaban J connectivity index is 1.50. The summed E-state index contributed by atoms with van der Waals surface area (Å²) in [7, 11) is 0. The van der Waals surface area contributed by atoms with Crippen LogP contribution in [0, 0.1) is 17.8 Å². The quantitative estimate of drug-likeness (QED) is 0.651. The summed E-state index contributed by atoms with van der Waals surface area (Å²) in [6, 6.07) is 0. The Morgan fingerprint density at radius 2 is 1.83 bits per heavy atom. The van der Waals surface area contributed by atoms with Crippen LogP contribution in [0.15, 0.2) is 0 Å². The van der Waals surface area contributed by atoms with E-state index in [-0.39, 0.29) is 0 Å². The van der Waals surface area contributed by atoms with Gasteiger partial charge in [0.25, 0.3) is 0 Å². The molecule has 1 amide bonds. The lowest BCUT2D eigenvalue weighted by Crippen LogP contribution is -2.34. The molecule has 2 bridgehead atoms. The molecule has 0 saturated heterocycles. The van der Waals surface area contributed by atoms with Crippen LogP contribution in [0.1, 0.15) is 71.1 Å². The molecule has 3 atom stereocenters. The number of fused-ring (bicyclic) bond motifs is 2. The highest BCUT2D eigenvalue weighted by Gasteiger charge is 2.42. The molecule has 0 aromatic heterocycles. The number of carbonyl (C=O) groups excluding carboxylic acids is 1. The summed E-state index contributed by atoms with van der Waals surface area (Å²) in [5.41, 5.74) is 0. The van der Waals surface area contributed by atoms with Gasteiger partial charge in [-0.3, -0.25) is 4.79 Å². The fraction of sp³-hybridized carbons (Fsp3) is 0.938. The van der Waals surface area contributed by atoms with Gasteiger partial charge in [0.1, 0.15) is 0 Å². The minimum atomic E-state index is 0.357. The molecule has 2 rings (SSSR count). The van der Waals surface area contributed by atoms with Gasteiger partial charge in [-0.1, -0.05) is 45.4 Å². The van der Waals surface area contributed by atoms with E-state index in [0.29, 0.717) is 11.8 Å². The molecule has 0 radical (unpaired) electrons. The molecular weight excluding hydrogens is 222 g/mol. The smallest absolute Gasteiger partial charge is 0.223 e. The number of carbonyl (C=O) groups is 1. The lowest BCUT2D eigenvalue weighted by Gasteiger charge is -2.20. The van der Waals surface area contributed by atoms with Crippen molar-refractivity contribution in [3.8, 4) is 0 Å². The molecule has 2 saturated carbocycles. The molecule has 1 N–H and O–H groups in total. The van der Waals surface area contributed by atoms with Crippen LogP contribution < -0.4 is 5.32 Å². The van der Waals surface area contributed by atoms with Crippen molar-refractivity contribution in [3.05, 3.63) is 0 Å². The fourth-order valence-electron chi connectivity index (χ4n) is 3.81. The third-order valence-electron chi connectivity index (χ3n) is 4.90. The summed E-state index contributed by atoms with van der Waals surface area (Å²) >= 11 is 0. The first-order chi connectivity index (χ1) is 8.81. The largest absolute Gasteiger partial charge is 0.356 e. The Labute approximate surface area is 112 Å². The van der Waals surface area contributed by atoms with Gasteiger partial charge in [0.05, 0.1) is 0 Å². The van der Waals surface area contributed by atoms with Crippen molar-refractivity contribution in [1.82, 2.24) is 5.32 Å². The van der Waals surface area contributed by atoms with Gasteiger partial charge in [-0.2, -0.15) is 0 Å². The first kappa shape index (κ1) is 13.9. The average molecular weight is 251 g/mol. The maximum Gasteiger partial charge on any atom is 0.223 e.